The highest BCUT2D eigenvalue weighted by molar-refractivity contribution is 9.10. The largest absolute Gasteiger partial charge is 0.438 e. The average Bonchev–Trinajstić information content (AvgIpc) is 2.10. The fourth-order valence-corrected chi connectivity index (χ4v) is 2.75. The maximum Gasteiger partial charge on any atom is 0.295 e. The van der Waals surface area contributed by atoms with Crippen LogP contribution >= 0.6 is 47.4 Å². The topological polar surface area (TPSA) is 18.5 Å². The van der Waals surface area contributed by atoms with Crippen LogP contribution in [-0.4, -0.2) is 6.61 Å². The van der Waals surface area contributed by atoms with Crippen LogP contribution in [0.25, 0.3) is 0 Å². The van der Waals surface area contributed by atoms with Gasteiger partial charge in [0.1, 0.15) is 5.75 Å². The predicted octanol–water partition coefficient (Wildman–Crippen LogP) is 4.67. The van der Waals surface area contributed by atoms with Gasteiger partial charge in [-0.15, -0.1) is 0 Å². The van der Waals surface area contributed by atoms with Crippen LogP contribution in [0, 0.1) is 0 Å². The molecule has 0 aromatic heterocycles. The number of benzene rings is 1. The molecule has 1 unspecified atom stereocenters. The Balaban J connectivity index is 2.67. The zero-order valence-electron chi connectivity index (χ0n) is 7.41. The summed E-state index contributed by atoms with van der Waals surface area (Å²) in [6, 6.07) is 5.39. The smallest absolute Gasteiger partial charge is 0.295 e. The van der Waals surface area contributed by atoms with Crippen LogP contribution in [0.1, 0.15) is 6.92 Å². The van der Waals surface area contributed by atoms with Crippen molar-refractivity contribution in [2.75, 3.05) is 6.61 Å². The first-order chi connectivity index (χ1) is 6.63. The molecule has 0 spiro atoms. The van der Waals surface area contributed by atoms with Gasteiger partial charge in [-0.2, -0.15) is 0 Å². The summed E-state index contributed by atoms with van der Waals surface area (Å²) >= 11 is 13.4. The van der Waals surface area contributed by atoms with E-state index in [4.69, 9.17) is 20.6 Å². The van der Waals surface area contributed by atoms with Gasteiger partial charge in [-0.25, -0.2) is 0 Å². The second kappa shape index (κ2) is 6.19. The van der Waals surface area contributed by atoms with Crippen molar-refractivity contribution >= 4 is 47.4 Å². The van der Waals surface area contributed by atoms with Crippen LogP contribution in [0.4, 0.5) is 0 Å². The highest BCUT2D eigenvalue weighted by Crippen LogP contribution is 2.45. The van der Waals surface area contributed by atoms with E-state index in [0.29, 0.717) is 17.4 Å². The number of halogens is 2. The van der Waals surface area contributed by atoms with Gasteiger partial charge in [0, 0.05) is 4.47 Å². The molecule has 0 aliphatic rings. The molecule has 0 amide bonds. The standard InChI is InChI=1S/C8H9BrClO2PS/c1-2-11-13(14)12-8-4-3-6(9)5-7(8)10/h3-5,14H,2H2,1H3. The highest BCUT2D eigenvalue weighted by Gasteiger charge is 2.09. The minimum atomic E-state index is -1.19. The van der Waals surface area contributed by atoms with Gasteiger partial charge >= 0.3 is 0 Å². The Hall–Kier alpha value is 0.530. The molecule has 0 bridgehead atoms. The molecular formula is C8H9BrClO2PS. The van der Waals surface area contributed by atoms with Crippen molar-refractivity contribution < 1.29 is 9.05 Å². The molecule has 0 radical (unpaired) electrons. The third-order valence-electron chi connectivity index (χ3n) is 1.31. The monoisotopic (exact) mass is 314 g/mol. The highest BCUT2D eigenvalue weighted by atomic mass is 79.9. The Morgan fingerprint density at radius 2 is 2.29 bits per heavy atom. The minimum Gasteiger partial charge on any atom is -0.438 e. The van der Waals surface area contributed by atoms with E-state index in [1.54, 1.807) is 12.1 Å². The van der Waals surface area contributed by atoms with Crippen LogP contribution in [-0.2, 0) is 4.52 Å². The lowest BCUT2D eigenvalue weighted by molar-refractivity contribution is 0.347. The van der Waals surface area contributed by atoms with Gasteiger partial charge in [-0.05, 0) is 25.1 Å². The normalized spacial score (nSPS) is 12.6. The molecule has 1 aromatic carbocycles. The van der Waals surface area contributed by atoms with Crippen molar-refractivity contribution in [3.8, 4) is 5.75 Å². The molecule has 0 saturated heterocycles. The van der Waals surface area contributed by atoms with Crippen molar-refractivity contribution in [3.63, 3.8) is 0 Å². The Morgan fingerprint density at radius 1 is 1.57 bits per heavy atom. The number of hydrogen-bond acceptors (Lipinski definition) is 3. The van der Waals surface area contributed by atoms with Gasteiger partial charge in [0.05, 0.1) is 11.6 Å². The molecule has 2 nitrogen and oxygen atoms in total. The third kappa shape index (κ3) is 3.95. The maximum absolute atomic E-state index is 5.94. The summed E-state index contributed by atoms with van der Waals surface area (Å²) in [7, 11) is -1.19. The van der Waals surface area contributed by atoms with Gasteiger partial charge in [-0.1, -0.05) is 39.8 Å². The van der Waals surface area contributed by atoms with Crippen molar-refractivity contribution in [1.29, 1.82) is 0 Å². The molecule has 0 N–H and O–H groups in total. The van der Waals surface area contributed by atoms with E-state index in [9.17, 15) is 0 Å². The van der Waals surface area contributed by atoms with Crippen molar-refractivity contribution in [2.45, 2.75) is 6.92 Å². The lowest BCUT2D eigenvalue weighted by Crippen LogP contribution is -1.88. The molecule has 1 atom stereocenters. The summed E-state index contributed by atoms with van der Waals surface area (Å²) in [5.41, 5.74) is 0. The first-order valence-electron chi connectivity index (χ1n) is 3.88. The van der Waals surface area contributed by atoms with E-state index in [1.165, 1.54) is 0 Å². The van der Waals surface area contributed by atoms with Crippen LogP contribution in [0.3, 0.4) is 0 Å². The maximum atomic E-state index is 5.94. The van der Waals surface area contributed by atoms with Crippen LogP contribution in [0.5, 0.6) is 5.75 Å². The second-order valence-corrected chi connectivity index (χ2v) is 5.54. The summed E-state index contributed by atoms with van der Waals surface area (Å²) in [6.07, 6.45) is 0. The van der Waals surface area contributed by atoms with Gasteiger partial charge in [0.2, 0.25) is 0 Å². The lowest BCUT2D eigenvalue weighted by atomic mass is 10.3. The fourth-order valence-electron chi connectivity index (χ4n) is 0.770. The molecule has 0 heterocycles. The summed E-state index contributed by atoms with van der Waals surface area (Å²) in [6.45, 7) is 2.46. The zero-order chi connectivity index (χ0) is 10.6. The van der Waals surface area contributed by atoms with E-state index in [1.807, 2.05) is 13.0 Å². The molecule has 0 fully saturated rings. The molecule has 78 valence electrons. The SMILES string of the molecule is CCOP(S)Oc1ccc(Br)cc1Cl. The number of rotatable bonds is 4. The van der Waals surface area contributed by atoms with Crippen LogP contribution in [0.15, 0.2) is 22.7 Å². The number of thiol groups is 1. The fraction of sp³-hybridized carbons (Fsp3) is 0.250. The molecule has 1 aromatic rings. The van der Waals surface area contributed by atoms with Gasteiger partial charge in [-0.3, -0.25) is 0 Å². The van der Waals surface area contributed by atoms with E-state index in [0.717, 1.165) is 4.47 Å². The quantitative estimate of drug-likeness (QED) is 0.642. The van der Waals surface area contributed by atoms with E-state index >= 15 is 0 Å². The van der Waals surface area contributed by atoms with Crippen molar-refractivity contribution in [2.24, 2.45) is 0 Å². The lowest BCUT2D eigenvalue weighted by Gasteiger charge is -2.12. The third-order valence-corrected chi connectivity index (χ3v) is 3.52. The first-order valence-corrected chi connectivity index (χ1v) is 7.38. The van der Waals surface area contributed by atoms with Gasteiger partial charge in [0.15, 0.2) is 0 Å². The molecule has 14 heavy (non-hydrogen) atoms. The minimum absolute atomic E-state index is 0.542. The molecule has 0 aliphatic carbocycles. The van der Waals surface area contributed by atoms with Crippen molar-refractivity contribution in [3.05, 3.63) is 27.7 Å². The summed E-state index contributed by atoms with van der Waals surface area (Å²) < 4.78 is 11.5. The van der Waals surface area contributed by atoms with E-state index in [-0.39, 0.29) is 0 Å². The Kier molecular flexibility index (Phi) is 5.57. The van der Waals surface area contributed by atoms with Gasteiger partial charge in [0.25, 0.3) is 7.58 Å². The molecule has 6 heteroatoms. The predicted molar refractivity (Wildman–Crippen MR) is 67.3 cm³/mol. The van der Waals surface area contributed by atoms with E-state index < -0.39 is 7.58 Å². The Bertz CT molecular complexity index is 313. The second-order valence-electron chi connectivity index (χ2n) is 2.32. The van der Waals surface area contributed by atoms with E-state index in [2.05, 4.69) is 28.2 Å². The first kappa shape index (κ1) is 12.6. The zero-order valence-corrected chi connectivity index (χ0v) is 11.5. The molecule has 0 aliphatic heterocycles. The molecule has 1 rings (SSSR count). The Morgan fingerprint density at radius 3 is 2.86 bits per heavy atom. The summed E-state index contributed by atoms with van der Waals surface area (Å²) in [5, 5.41) is 0.542. The van der Waals surface area contributed by atoms with Crippen LogP contribution in [0.2, 0.25) is 5.02 Å². The van der Waals surface area contributed by atoms with Gasteiger partial charge < -0.3 is 9.05 Å². The van der Waals surface area contributed by atoms with Crippen LogP contribution < -0.4 is 4.52 Å². The molecular weight excluding hydrogens is 306 g/mol. The molecule has 0 saturated carbocycles. The summed E-state index contributed by atoms with van der Waals surface area (Å²) in [5.74, 6) is 0.587. The Labute approximate surface area is 103 Å². The number of hydrogen-bond donors (Lipinski definition) is 1. The van der Waals surface area contributed by atoms with Crippen molar-refractivity contribution in [1.82, 2.24) is 0 Å². The summed E-state index contributed by atoms with van der Waals surface area (Å²) in [4.78, 5) is 0. The average molecular weight is 316 g/mol.